The molecule has 3 fully saturated rings. The summed E-state index contributed by atoms with van der Waals surface area (Å²) in [6, 6.07) is 0. The zero-order valence-electron chi connectivity index (χ0n) is 13.7. The molecule has 5 atom stereocenters. The predicted molar refractivity (Wildman–Crippen MR) is 87.9 cm³/mol. The van der Waals surface area contributed by atoms with E-state index in [1.807, 2.05) is 20.1 Å². The molecule has 3 aliphatic rings. The van der Waals surface area contributed by atoms with Crippen molar-refractivity contribution in [2.24, 2.45) is 0 Å². The van der Waals surface area contributed by atoms with Crippen LogP contribution < -0.4 is 0 Å². The molecule has 0 radical (unpaired) electrons. The highest BCUT2D eigenvalue weighted by Gasteiger charge is 2.59. The Morgan fingerprint density at radius 1 is 1.09 bits per heavy atom. The Morgan fingerprint density at radius 2 is 1.77 bits per heavy atom. The van der Waals surface area contributed by atoms with E-state index in [0.29, 0.717) is 4.38 Å². The van der Waals surface area contributed by atoms with Gasteiger partial charge in [-0.2, -0.15) is 0 Å². The summed E-state index contributed by atoms with van der Waals surface area (Å²) >= 11 is 6.53. The van der Waals surface area contributed by atoms with E-state index >= 15 is 0 Å². The van der Waals surface area contributed by atoms with Gasteiger partial charge in [0.1, 0.15) is 12.2 Å². The van der Waals surface area contributed by atoms with E-state index in [1.165, 1.54) is 11.8 Å². The summed E-state index contributed by atoms with van der Waals surface area (Å²) < 4.78 is 30.4. The van der Waals surface area contributed by atoms with Gasteiger partial charge in [-0.3, -0.25) is 0 Å². The molecule has 0 spiro atoms. The first kappa shape index (κ1) is 16.9. The lowest BCUT2D eigenvalue weighted by Crippen LogP contribution is -2.39. The summed E-state index contributed by atoms with van der Waals surface area (Å²) in [5, 5.41) is 0. The Kier molecular flexibility index (Phi) is 4.51. The summed E-state index contributed by atoms with van der Waals surface area (Å²) in [5.41, 5.74) is -0.119. The van der Waals surface area contributed by atoms with Crippen LogP contribution in [0.1, 0.15) is 40.5 Å². The fraction of sp³-hybridized carbons (Fsp3) is 0.933. The van der Waals surface area contributed by atoms with Crippen molar-refractivity contribution in [1.29, 1.82) is 0 Å². The van der Waals surface area contributed by atoms with Crippen molar-refractivity contribution in [1.82, 2.24) is 0 Å². The molecule has 0 saturated carbocycles. The zero-order valence-corrected chi connectivity index (χ0v) is 15.3. The average Bonchev–Trinajstić information content (AvgIpc) is 3.01. The van der Waals surface area contributed by atoms with Crippen LogP contribution in [-0.2, 0) is 23.7 Å². The Morgan fingerprint density at radius 3 is 2.36 bits per heavy atom. The highest BCUT2D eigenvalue weighted by molar-refractivity contribution is 8.22. The van der Waals surface area contributed by atoms with Crippen LogP contribution in [0.25, 0.3) is 0 Å². The van der Waals surface area contributed by atoms with Gasteiger partial charge in [-0.25, -0.2) is 0 Å². The van der Waals surface area contributed by atoms with Crippen molar-refractivity contribution in [3.63, 3.8) is 0 Å². The molecule has 0 aromatic heterocycles. The molecule has 126 valence electrons. The first-order valence-corrected chi connectivity index (χ1v) is 9.28. The van der Waals surface area contributed by atoms with Crippen molar-refractivity contribution in [2.45, 2.75) is 82.6 Å². The van der Waals surface area contributed by atoms with Gasteiger partial charge >= 0.3 is 0 Å². The number of thiocarbonyl (C=S) groups is 1. The van der Waals surface area contributed by atoms with Crippen LogP contribution in [0.2, 0.25) is 0 Å². The third-order valence-electron chi connectivity index (χ3n) is 4.29. The van der Waals surface area contributed by atoms with Crippen LogP contribution in [0.4, 0.5) is 0 Å². The maximum absolute atomic E-state index is 6.13. The lowest BCUT2D eigenvalue weighted by atomic mass is 10.0. The van der Waals surface area contributed by atoms with Crippen LogP contribution in [0.5, 0.6) is 0 Å². The van der Waals surface area contributed by atoms with E-state index < -0.39 is 12.1 Å². The van der Waals surface area contributed by atoms with Crippen LogP contribution in [0.3, 0.4) is 0 Å². The van der Waals surface area contributed by atoms with E-state index in [4.69, 9.17) is 35.9 Å². The molecule has 0 amide bonds. The molecule has 0 aromatic rings. The van der Waals surface area contributed by atoms with Gasteiger partial charge in [0.25, 0.3) is 0 Å². The molecule has 3 heterocycles. The van der Waals surface area contributed by atoms with Gasteiger partial charge < -0.3 is 23.7 Å². The predicted octanol–water partition coefficient (Wildman–Crippen LogP) is 2.85. The molecule has 5 nitrogen and oxygen atoms in total. The largest absolute Gasteiger partial charge is 0.446 e. The van der Waals surface area contributed by atoms with Gasteiger partial charge in [0.05, 0.1) is 11.7 Å². The summed E-state index contributed by atoms with van der Waals surface area (Å²) in [5.74, 6) is -0.645. The SMILES string of the molecule is CSC(=S)OC1O[C@H]([C@H]2CCC(C)(C)O2)[C@H]2OC(C)(C)O[C@@H]12. The van der Waals surface area contributed by atoms with E-state index in [0.717, 1.165) is 12.8 Å². The third-order valence-corrected chi connectivity index (χ3v) is 5.32. The number of rotatable bonds is 2. The number of fused-ring (bicyclic) bond motifs is 1. The minimum absolute atomic E-state index is 0.00329. The topological polar surface area (TPSA) is 46.2 Å². The molecular weight excluding hydrogens is 324 g/mol. The molecule has 0 aromatic carbocycles. The quantitative estimate of drug-likeness (QED) is 0.711. The fourth-order valence-corrected chi connectivity index (χ4v) is 3.66. The van der Waals surface area contributed by atoms with Crippen LogP contribution in [0.15, 0.2) is 0 Å². The Labute approximate surface area is 141 Å². The average molecular weight is 348 g/mol. The maximum Gasteiger partial charge on any atom is 0.231 e. The molecular formula is C15H24O5S2. The van der Waals surface area contributed by atoms with Crippen molar-refractivity contribution in [3.05, 3.63) is 0 Å². The molecule has 22 heavy (non-hydrogen) atoms. The molecule has 3 aliphatic heterocycles. The van der Waals surface area contributed by atoms with Crippen molar-refractivity contribution in [3.8, 4) is 0 Å². The van der Waals surface area contributed by atoms with Gasteiger partial charge in [0, 0.05) is 0 Å². The van der Waals surface area contributed by atoms with Crippen molar-refractivity contribution < 1.29 is 23.7 Å². The minimum atomic E-state index is -0.645. The highest BCUT2D eigenvalue weighted by atomic mass is 32.2. The standard InChI is InChI=1S/C15H24O5S2/c1-14(2)7-6-8(18-14)9-10-11(20-15(3,4)19-10)12(16-9)17-13(21)22-5/h8-12H,6-7H2,1-5H3/t8-,9-,10-,11-,12?/m1/s1. The van der Waals surface area contributed by atoms with Gasteiger partial charge in [-0.05, 0) is 59.0 Å². The van der Waals surface area contributed by atoms with Gasteiger partial charge in [-0.15, -0.1) is 0 Å². The molecule has 1 unspecified atom stereocenters. The Hall–Kier alpha value is 0.0800. The van der Waals surface area contributed by atoms with E-state index in [2.05, 4.69) is 13.8 Å². The molecule has 0 bridgehead atoms. The second-order valence-corrected chi connectivity index (χ2v) is 8.47. The monoisotopic (exact) mass is 348 g/mol. The second kappa shape index (κ2) is 5.86. The first-order valence-electron chi connectivity index (χ1n) is 7.64. The lowest BCUT2D eigenvalue weighted by molar-refractivity contribution is -0.229. The summed E-state index contributed by atoms with van der Waals surface area (Å²) in [6.07, 6.45) is 2.63. The molecule has 3 saturated heterocycles. The smallest absolute Gasteiger partial charge is 0.231 e. The number of hydrogen-bond acceptors (Lipinski definition) is 7. The molecule has 0 aliphatic carbocycles. The first-order chi connectivity index (χ1) is 10.2. The van der Waals surface area contributed by atoms with Crippen LogP contribution in [-0.4, -0.2) is 52.7 Å². The number of ether oxygens (including phenoxy) is 5. The van der Waals surface area contributed by atoms with E-state index in [9.17, 15) is 0 Å². The Balaban J connectivity index is 1.75. The third kappa shape index (κ3) is 3.30. The zero-order chi connectivity index (χ0) is 16.1. The van der Waals surface area contributed by atoms with E-state index in [-0.39, 0.29) is 30.0 Å². The Bertz CT molecular complexity index is 453. The van der Waals surface area contributed by atoms with Gasteiger partial charge in [0.15, 0.2) is 11.9 Å². The molecule has 0 N–H and O–H groups in total. The number of hydrogen-bond donors (Lipinski definition) is 0. The summed E-state index contributed by atoms with van der Waals surface area (Å²) in [4.78, 5) is 0. The van der Waals surface area contributed by atoms with Gasteiger partial charge in [0.2, 0.25) is 10.7 Å². The summed E-state index contributed by atoms with van der Waals surface area (Å²) in [7, 11) is 0. The molecule has 7 heteroatoms. The van der Waals surface area contributed by atoms with Crippen LogP contribution >= 0.6 is 24.0 Å². The second-order valence-electron chi connectivity index (χ2n) is 7.06. The van der Waals surface area contributed by atoms with Crippen molar-refractivity contribution >= 4 is 28.4 Å². The van der Waals surface area contributed by atoms with Crippen LogP contribution in [0, 0.1) is 0 Å². The number of thioether (sulfide) groups is 1. The van der Waals surface area contributed by atoms with Gasteiger partial charge in [-0.1, -0.05) is 11.8 Å². The normalized spacial score (nSPS) is 42.3. The molecule has 3 rings (SSSR count). The lowest BCUT2D eigenvalue weighted by Gasteiger charge is -2.28. The summed E-state index contributed by atoms with van der Waals surface area (Å²) in [6.45, 7) is 8.02. The van der Waals surface area contributed by atoms with Crippen molar-refractivity contribution in [2.75, 3.05) is 6.26 Å². The van der Waals surface area contributed by atoms with E-state index in [1.54, 1.807) is 0 Å². The fourth-order valence-electron chi connectivity index (χ4n) is 3.38. The highest BCUT2D eigenvalue weighted by Crippen LogP contribution is 2.44. The minimum Gasteiger partial charge on any atom is -0.446 e. The maximum atomic E-state index is 6.13.